The monoisotopic (exact) mass is 300 g/mol. The van der Waals surface area contributed by atoms with Gasteiger partial charge in [0.1, 0.15) is 11.9 Å². The first-order chi connectivity index (χ1) is 10.8. The molecule has 4 rings (SSSR count). The Labute approximate surface area is 128 Å². The molecule has 0 spiro atoms. The van der Waals surface area contributed by atoms with E-state index < -0.39 is 0 Å². The molecule has 0 radical (unpaired) electrons. The first-order valence-corrected chi connectivity index (χ1v) is 7.92. The van der Waals surface area contributed by atoms with E-state index in [1.807, 2.05) is 18.2 Å². The zero-order valence-electron chi connectivity index (χ0n) is 12.4. The number of hydrogen-bond donors (Lipinski definition) is 3. The number of anilines is 1. The molecular weight excluding hydrogens is 280 g/mol. The average Bonchev–Trinajstić information content (AvgIpc) is 3.26. The molecule has 0 aliphatic carbocycles. The summed E-state index contributed by atoms with van der Waals surface area (Å²) in [7, 11) is 0. The van der Waals surface area contributed by atoms with Crippen molar-refractivity contribution in [2.75, 3.05) is 25.0 Å². The van der Waals surface area contributed by atoms with Crippen LogP contribution in [-0.4, -0.2) is 35.6 Å². The highest BCUT2D eigenvalue weighted by Crippen LogP contribution is 2.28. The lowest BCUT2D eigenvalue weighted by Crippen LogP contribution is -2.24. The van der Waals surface area contributed by atoms with Crippen LogP contribution in [0.25, 0.3) is 11.0 Å². The highest BCUT2D eigenvalue weighted by molar-refractivity contribution is 5.94. The number of carbonyl (C=O) groups is 1. The fourth-order valence-corrected chi connectivity index (χ4v) is 3.18. The van der Waals surface area contributed by atoms with Crippen molar-refractivity contribution in [3.05, 3.63) is 24.0 Å². The lowest BCUT2D eigenvalue weighted by Gasteiger charge is -2.09. The molecule has 2 aliphatic rings. The number of fused-ring (bicyclic) bond motifs is 1. The summed E-state index contributed by atoms with van der Waals surface area (Å²) in [6.07, 6.45) is 3.08. The minimum Gasteiger partial charge on any atom is -0.370 e. The Morgan fingerprint density at radius 1 is 1.36 bits per heavy atom. The van der Waals surface area contributed by atoms with Gasteiger partial charge in [-0.05, 0) is 44.0 Å². The molecule has 2 saturated heterocycles. The predicted octanol–water partition coefficient (Wildman–Crippen LogP) is 1.96. The fraction of sp³-hybridized carbons (Fsp3) is 0.500. The number of nitrogens with one attached hydrogen (secondary N) is 3. The molecule has 2 unspecified atom stereocenters. The van der Waals surface area contributed by atoms with Crippen molar-refractivity contribution in [2.24, 2.45) is 5.92 Å². The van der Waals surface area contributed by atoms with Gasteiger partial charge in [0.15, 0.2) is 0 Å². The van der Waals surface area contributed by atoms with E-state index in [9.17, 15) is 4.79 Å². The molecule has 1 amide bonds. The second-order valence-electron chi connectivity index (χ2n) is 6.03. The van der Waals surface area contributed by atoms with Gasteiger partial charge in [-0.2, -0.15) is 0 Å². The quantitative estimate of drug-likeness (QED) is 0.809. The number of ether oxygens (including phenoxy) is 1. The lowest BCUT2D eigenvalue weighted by molar-refractivity contribution is -0.119. The van der Waals surface area contributed by atoms with Gasteiger partial charge in [0, 0.05) is 18.8 Å². The maximum atomic E-state index is 12.2. The largest absolute Gasteiger partial charge is 0.370 e. The van der Waals surface area contributed by atoms with Crippen molar-refractivity contribution in [1.82, 2.24) is 15.3 Å². The molecule has 2 atom stereocenters. The van der Waals surface area contributed by atoms with E-state index >= 15 is 0 Å². The second-order valence-corrected chi connectivity index (χ2v) is 6.03. The van der Waals surface area contributed by atoms with Gasteiger partial charge in [0.25, 0.3) is 0 Å². The summed E-state index contributed by atoms with van der Waals surface area (Å²) in [4.78, 5) is 20.1. The van der Waals surface area contributed by atoms with E-state index in [2.05, 4.69) is 20.6 Å². The van der Waals surface area contributed by atoms with Crippen molar-refractivity contribution < 1.29 is 9.53 Å². The van der Waals surface area contributed by atoms with Crippen LogP contribution in [-0.2, 0) is 9.53 Å². The minimum absolute atomic E-state index is 0.0694. The molecule has 2 aliphatic heterocycles. The molecule has 6 nitrogen and oxygen atoms in total. The van der Waals surface area contributed by atoms with Gasteiger partial charge in [0.2, 0.25) is 5.91 Å². The van der Waals surface area contributed by atoms with Gasteiger partial charge in [-0.3, -0.25) is 4.79 Å². The first kappa shape index (κ1) is 13.7. The molecule has 116 valence electrons. The van der Waals surface area contributed by atoms with Gasteiger partial charge < -0.3 is 20.4 Å². The Balaban J connectivity index is 1.53. The standard InChI is InChI=1S/C16H20N4O2/c21-16(10-5-6-17-9-10)18-11-3-4-12-13(8-11)20-15(19-12)14-2-1-7-22-14/h3-4,8,10,14,17H,1-2,5-7,9H2,(H,18,21)(H,19,20). The van der Waals surface area contributed by atoms with Crippen LogP contribution in [0.1, 0.15) is 31.2 Å². The van der Waals surface area contributed by atoms with E-state index in [1.54, 1.807) is 0 Å². The number of H-pyrrole nitrogens is 1. The van der Waals surface area contributed by atoms with E-state index in [1.165, 1.54) is 0 Å². The van der Waals surface area contributed by atoms with Crippen molar-refractivity contribution in [3.8, 4) is 0 Å². The third-order valence-electron chi connectivity index (χ3n) is 4.43. The molecule has 0 saturated carbocycles. The van der Waals surface area contributed by atoms with Crippen LogP contribution in [0.2, 0.25) is 0 Å². The first-order valence-electron chi connectivity index (χ1n) is 7.92. The Hall–Kier alpha value is -1.92. The molecule has 22 heavy (non-hydrogen) atoms. The third kappa shape index (κ3) is 2.60. The SMILES string of the molecule is O=C(Nc1ccc2nc(C3CCCO3)[nH]c2c1)C1CCNC1. The Morgan fingerprint density at radius 3 is 3.09 bits per heavy atom. The molecule has 6 heteroatoms. The zero-order chi connectivity index (χ0) is 14.9. The van der Waals surface area contributed by atoms with Crippen molar-refractivity contribution in [1.29, 1.82) is 0 Å². The van der Waals surface area contributed by atoms with Gasteiger partial charge in [-0.1, -0.05) is 0 Å². The molecular formula is C16H20N4O2. The van der Waals surface area contributed by atoms with Gasteiger partial charge in [-0.25, -0.2) is 4.98 Å². The Bertz CT molecular complexity index is 685. The summed E-state index contributed by atoms with van der Waals surface area (Å²) in [5, 5.41) is 6.21. The van der Waals surface area contributed by atoms with Gasteiger partial charge in [0.05, 0.1) is 17.0 Å². The van der Waals surface area contributed by atoms with E-state index in [0.717, 1.165) is 61.5 Å². The van der Waals surface area contributed by atoms with Crippen molar-refractivity contribution in [2.45, 2.75) is 25.4 Å². The van der Waals surface area contributed by atoms with E-state index in [0.29, 0.717) is 0 Å². The number of hydrogen-bond acceptors (Lipinski definition) is 4. The lowest BCUT2D eigenvalue weighted by atomic mass is 10.1. The van der Waals surface area contributed by atoms with Crippen LogP contribution in [0.3, 0.4) is 0 Å². The number of benzene rings is 1. The number of imidazole rings is 1. The average molecular weight is 300 g/mol. The predicted molar refractivity (Wildman–Crippen MR) is 83.6 cm³/mol. The number of aromatic amines is 1. The van der Waals surface area contributed by atoms with Crippen LogP contribution in [0, 0.1) is 5.92 Å². The summed E-state index contributed by atoms with van der Waals surface area (Å²) in [6.45, 7) is 2.49. The number of carbonyl (C=O) groups excluding carboxylic acids is 1. The third-order valence-corrected chi connectivity index (χ3v) is 4.43. The maximum absolute atomic E-state index is 12.2. The van der Waals surface area contributed by atoms with Crippen molar-refractivity contribution >= 4 is 22.6 Å². The van der Waals surface area contributed by atoms with Crippen LogP contribution in [0.15, 0.2) is 18.2 Å². The topological polar surface area (TPSA) is 79.0 Å². The maximum Gasteiger partial charge on any atom is 0.228 e. The van der Waals surface area contributed by atoms with Crippen LogP contribution >= 0.6 is 0 Å². The van der Waals surface area contributed by atoms with Crippen LogP contribution < -0.4 is 10.6 Å². The highest BCUT2D eigenvalue weighted by atomic mass is 16.5. The summed E-state index contributed by atoms with van der Waals surface area (Å²) < 4.78 is 5.66. The number of nitrogens with zero attached hydrogens (tertiary/aromatic N) is 1. The van der Waals surface area contributed by atoms with Crippen LogP contribution in [0.4, 0.5) is 5.69 Å². The summed E-state index contributed by atoms with van der Waals surface area (Å²) >= 11 is 0. The summed E-state index contributed by atoms with van der Waals surface area (Å²) in [5.41, 5.74) is 2.66. The second kappa shape index (κ2) is 5.70. The molecule has 3 N–H and O–H groups in total. The molecule has 2 fully saturated rings. The number of aromatic nitrogens is 2. The van der Waals surface area contributed by atoms with Crippen LogP contribution in [0.5, 0.6) is 0 Å². The zero-order valence-corrected chi connectivity index (χ0v) is 12.4. The Morgan fingerprint density at radius 2 is 2.32 bits per heavy atom. The summed E-state index contributed by atoms with van der Waals surface area (Å²) in [6, 6.07) is 5.79. The molecule has 2 aromatic rings. The fourth-order valence-electron chi connectivity index (χ4n) is 3.18. The summed E-state index contributed by atoms with van der Waals surface area (Å²) in [5.74, 6) is 1.04. The van der Waals surface area contributed by atoms with Crippen molar-refractivity contribution in [3.63, 3.8) is 0 Å². The normalized spacial score (nSPS) is 24.9. The van der Waals surface area contributed by atoms with E-state index in [4.69, 9.17) is 4.74 Å². The van der Waals surface area contributed by atoms with Gasteiger partial charge >= 0.3 is 0 Å². The number of rotatable bonds is 3. The Kier molecular flexibility index (Phi) is 3.56. The molecule has 1 aromatic carbocycles. The smallest absolute Gasteiger partial charge is 0.228 e. The molecule has 1 aromatic heterocycles. The highest BCUT2D eigenvalue weighted by Gasteiger charge is 2.23. The molecule has 0 bridgehead atoms. The number of amides is 1. The van der Waals surface area contributed by atoms with Gasteiger partial charge in [-0.15, -0.1) is 0 Å². The minimum atomic E-state index is 0.0694. The van der Waals surface area contributed by atoms with E-state index in [-0.39, 0.29) is 17.9 Å². The molecule has 3 heterocycles.